The van der Waals surface area contributed by atoms with Gasteiger partial charge in [0.25, 0.3) is 15.7 Å². The standard InChI is InChI=1S/C17H15ClN4O4S/c1-11-17(12(2)21(19-11)14-6-4-3-5-7-14)27(25,26)20-13-8-9-15(18)16(10-13)22(23)24/h3-10,20H,1-2H3. The van der Waals surface area contributed by atoms with Gasteiger partial charge in [0.05, 0.1) is 27.7 Å². The lowest BCUT2D eigenvalue weighted by molar-refractivity contribution is -0.384. The highest BCUT2D eigenvalue weighted by molar-refractivity contribution is 7.92. The molecule has 27 heavy (non-hydrogen) atoms. The summed E-state index contributed by atoms with van der Waals surface area (Å²) in [6, 6.07) is 12.8. The third kappa shape index (κ3) is 3.64. The first-order chi connectivity index (χ1) is 12.7. The Kier molecular flexibility index (Phi) is 4.90. The molecule has 0 bridgehead atoms. The molecule has 0 spiro atoms. The number of nitrogens with zero attached hydrogens (tertiary/aromatic N) is 3. The van der Waals surface area contributed by atoms with Crippen LogP contribution in [0.3, 0.4) is 0 Å². The van der Waals surface area contributed by atoms with E-state index in [-0.39, 0.29) is 21.3 Å². The van der Waals surface area contributed by atoms with Crippen LogP contribution < -0.4 is 4.72 Å². The number of hydrogen-bond donors (Lipinski definition) is 1. The van der Waals surface area contributed by atoms with Gasteiger partial charge >= 0.3 is 0 Å². The largest absolute Gasteiger partial charge is 0.289 e. The molecular weight excluding hydrogens is 392 g/mol. The summed E-state index contributed by atoms with van der Waals surface area (Å²) in [4.78, 5) is 10.3. The van der Waals surface area contributed by atoms with Gasteiger partial charge in [0.1, 0.15) is 9.92 Å². The molecule has 0 aliphatic heterocycles. The van der Waals surface area contributed by atoms with Crippen molar-refractivity contribution in [2.45, 2.75) is 18.7 Å². The second-order valence-corrected chi connectivity index (χ2v) is 7.80. The van der Waals surface area contributed by atoms with Gasteiger partial charge in [0, 0.05) is 6.07 Å². The molecule has 0 aliphatic carbocycles. The number of aryl methyl sites for hydroxylation is 1. The van der Waals surface area contributed by atoms with Gasteiger partial charge in [0.15, 0.2) is 0 Å². The number of benzene rings is 2. The average Bonchev–Trinajstić information content (AvgIpc) is 2.92. The lowest BCUT2D eigenvalue weighted by Crippen LogP contribution is -2.15. The zero-order valence-electron chi connectivity index (χ0n) is 14.4. The molecule has 0 saturated carbocycles. The van der Waals surface area contributed by atoms with E-state index in [9.17, 15) is 18.5 Å². The Hall–Kier alpha value is -2.91. The van der Waals surface area contributed by atoms with E-state index in [1.165, 1.54) is 16.8 Å². The number of nitro groups is 1. The van der Waals surface area contributed by atoms with Gasteiger partial charge in [-0.1, -0.05) is 29.8 Å². The Morgan fingerprint density at radius 1 is 1.15 bits per heavy atom. The molecule has 3 rings (SSSR count). The van der Waals surface area contributed by atoms with Gasteiger partial charge in [-0.05, 0) is 38.1 Å². The maximum atomic E-state index is 12.9. The van der Waals surface area contributed by atoms with Crippen LogP contribution in [0.15, 0.2) is 53.4 Å². The molecule has 0 amide bonds. The fourth-order valence-electron chi connectivity index (χ4n) is 2.76. The molecule has 3 aromatic rings. The van der Waals surface area contributed by atoms with Gasteiger partial charge in [-0.2, -0.15) is 5.10 Å². The predicted molar refractivity (Wildman–Crippen MR) is 102 cm³/mol. The van der Waals surface area contributed by atoms with E-state index in [4.69, 9.17) is 11.6 Å². The summed E-state index contributed by atoms with van der Waals surface area (Å²) in [6.07, 6.45) is 0. The summed E-state index contributed by atoms with van der Waals surface area (Å²) in [5.41, 5.74) is 1.12. The van der Waals surface area contributed by atoms with E-state index in [0.717, 1.165) is 11.8 Å². The molecule has 1 aromatic heterocycles. The number of hydrogen-bond acceptors (Lipinski definition) is 5. The van der Waals surface area contributed by atoms with Gasteiger partial charge in [0.2, 0.25) is 0 Å². The van der Waals surface area contributed by atoms with Crippen LogP contribution in [0.1, 0.15) is 11.4 Å². The third-order valence-corrected chi connectivity index (χ3v) is 5.84. The Morgan fingerprint density at radius 2 is 1.81 bits per heavy atom. The molecule has 1 heterocycles. The highest BCUT2D eigenvalue weighted by Crippen LogP contribution is 2.30. The summed E-state index contributed by atoms with van der Waals surface area (Å²) >= 11 is 5.77. The van der Waals surface area contributed by atoms with Gasteiger partial charge < -0.3 is 0 Å². The van der Waals surface area contributed by atoms with Crippen LogP contribution in [0, 0.1) is 24.0 Å². The van der Waals surface area contributed by atoms with Crippen molar-refractivity contribution in [3.8, 4) is 5.69 Å². The predicted octanol–water partition coefficient (Wildman–Crippen LogP) is 3.85. The second kappa shape index (κ2) is 7.01. The van der Waals surface area contributed by atoms with Crippen LogP contribution in [0.25, 0.3) is 5.69 Å². The van der Waals surface area contributed by atoms with Crippen molar-refractivity contribution in [3.63, 3.8) is 0 Å². The second-order valence-electron chi connectivity index (χ2n) is 5.78. The quantitative estimate of drug-likeness (QED) is 0.511. The van der Waals surface area contributed by atoms with Crippen LogP contribution in [0.5, 0.6) is 0 Å². The van der Waals surface area contributed by atoms with Gasteiger partial charge in [-0.25, -0.2) is 13.1 Å². The monoisotopic (exact) mass is 406 g/mol. The van der Waals surface area contributed by atoms with Crippen molar-refractivity contribution < 1.29 is 13.3 Å². The fourth-order valence-corrected chi connectivity index (χ4v) is 4.39. The van der Waals surface area contributed by atoms with Gasteiger partial charge in [-0.15, -0.1) is 0 Å². The number of halogens is 1. The number of sulfonamides is 1. The minimum Gasteiger partial charge on any atom is -0.279 e. The number of nitro benzene ring substituents is 1. The molecule has 2 aromatic carbocycles. The number of para-hydroxylation sites is 1. The third-order valence-electron chi connectivity index (χ3n) is 3.89. The number of nitrogens with one attached hydrogen (secondary N) is 1. The van der Waals surface area contributed by atoms with E-state index in [2.05, 4.69) is 9.82 Å². The lowest BCUT2D eigenvalue weighted by Gasteiger charge is -2.09. The normalized spacial score (nSPS) is 11.4. The van der Waals surface area contributed by atoms with Gasteiger partial charge in [-0.3, -0.25) is 14.8 Å². The fraction of sp³-hybridized carbons (Fsp3) is 0.118. The molecular formula is C17H15ClN4O4S. The van der Waals surface area contributed by atoms with Crippen molar-refractivity contribution in [1.82, 2.24) is 9.78 Å². The Labute approximate surface area is 160 Å². The van der Waals surface area contributed by atoms with Crippen LogP contribution in [0.2, 0.25) is 5.02 Å². The molecule has 0 radical (unpaired) electrons. The van der Waals surface area contributed by atoms with Crippen molar-refractivity contribution in [3.05, 3.63) is 75.1 Å². The van der Waals surface area contributed by atoms with Crippen LogP contribution in [-0.4, -0.2) is 23.1 Å². The van der Waals surface area contributed by atoms with Crippen molar-refractivity contribution in [1.29, 1.82) is 0 Å². The zero-order chi connectivity index (χ0) is 19.8. The lowest BCUT2D eigenvalue weighted by atomic mass is 10.3. The van der Waals surface area contributed by atoms with Crippen molar-refractivity contribution in [2.24, 2.45) is 0 Å². The van der Waals surface area contributed by atoms with E-state index in [0.29, 0.717) is 11.4 Å². The molecule has 0 unspecified atom stereocenters. The van der Waals surface area contributed by atoms with E-state index >= 15 is 0 Å². The first-order valence-electron chi connectivity index (χ1n) is 7.79. The summed E-state index contributed by atoms with van der Waals surface area (Å²) in [7, 11) is -4.02. The minimum atomic E-state index is -4.02. The van der Waals surface area contributed by atoms with E-state index < -0.39 is 14.9 Å². The Morgan fingerprint density at radius 3 is 2.44 bits per heavy atom. The molecule has 1 N–H and O–H groups in total. The summed E-state index contributed by atoms with van der Waals surface area (Å²) in [5, 5.41) is 15.2. The molecule has 0 fully saturated rings. The highest BCUT2D eigenvalue weighted by Gasteiger charge is 2.26. The summed E-state index contributed by atoms with van der Waals surface area (Å²) in [5.74, 6) is 0. The van der Waals surface area contributed by atoms with Crippen LogP contribution in [0.4, 0.5) is 11.4 Å². The highest BCUT2D eigenvalue weighted by atomic mass is 35.5. The number of aromatic nitrogens is 2. The summed E-state index contributed by atoms with van der Waals surface area (Å²) in [6.45, 7) is 3.23. The number of rotatable bonds is 5. The number of anilines is 1. The van der Waals surface area contributed by atoms with Crippen molar-refractivity contribution in [2.75, 3.05) is 4.72 Å². The van der Waals surface area contributed by atoms with E-state index in [1.807, 2.05) is 30.3 Å². The van der Waals surface area contributed by atoms with Crippen molar-refractivity contribution >= 4 is 33.0 Å². The zero-order valence-corrected chi connectivity index (χ0v) is 16.0. The molecule has 140 valence electrons. The first kappa shape index (κ1) is 18.9. The Balaban J connectivity index is 2.03. The summed E-state index contributed by atoms with van der Waals surface area (Å²) < 4.78 is 29.7. The maximum Gasteiger partial charge on any atom is 0.289 e. The topological polar surface area (TPSA) is 107 Å². The SMILES string of the molecule is Cc1nn(-c2ccccc2)c(C)c1S(=O)(=O)Nc1ccc(Cl)c([N+](=O)[O-])c1. The maximum absolute atomic E-state index is 12.9. The Bertz CT molecular complexity index is 1130. The molecule has 8 nitrogen and oxygen atoms in total. The minimum absolute atomic E-state index is 0.0176. The van der Waals surface area contributed by atoms with E-state index in [1.54, 1.807) is 13.8 Å². The first-order valence-corrected chi connectivity index (χ1v) is 9.65. The molecule has 0 atom stereocenters. The van der Waals surface area contributed by atoms with Crippen LogP contribution in [-0.2, 0) is 10.0 Å². The molecule has 0 aliphatic rings. The molecule has 0 saturated heterocycles. The van der Waals surface area contributed by atoms with Crippen LogP contribution >= 0.6 is 11.6 Å². The average molecular weight is 407 g/mol. The smallest absolute Gasteiger partial charge is 0.279 e. The molecule has 10 heteroatoms.